The number of rotatable bonds is 6. The van der Waals surface area contributed by atoms with Crippen LogP contribution in [0.5, 0.6) is 11.5 Å². The number of likely N-dealkylation sites (N-methyl/N-ethyl adjacent to an activating group) is 1. The Kier molecular flexibility index (Phi) is 5.33. The van der Waals surface area contributed by atoms with Crippen molar-refractivity contribution in [2.75, 3.05) is 14.2 Å². The van der Waals surface area contributed by atoms with E-state index < -0.39 is 24.3 Å². The molecule has 0 heterocycles. The molecule has 7 nitrogen and oxygen atoms in total. The lowest BCUT2D eigenvalue weighted by Gasteiger charge is -2.21. The predicted molar refractivity (Wildman–Crippen MR) is 71.4 cm³/mol. The molecular formula is C13H18N2O5. The fourth-order valence-electron chi connectivity index (χ4n) is 1.73. The average molecular weight is 282 g/mol. The minimum atomic E-state index is -1.12. The van der Waals surface area contributed by atoms with Gasteiger partial charge in [0.25, 0.3) is 0 Å². The van der Waals surface area contributed by atoms with Crippen LogP contribution in [-0.4, -0.2) is 47.2 Å². The number of amides is 1. The Labute approximate surface area is 116 Å². The second-order valence-electron chi connectivity index (χ2n) is 4.40. The maximum atomic E-state index is 11.9. The largest absolute Gasteiger partial charge is 0.504 e. The molecule has 110 valence electrons. The van der Waals surface area contributed by atoms with Crippen LogP contribution >= 0.6 is 0 Å². The van der Waals surface area contributed by atoms with Gasteiger partial charge < -0.3 is 25.6 Å². The molecule has 1 aromatic carbocycles. The zero-order valence-corrected chi connectivity index (χ0v) is 11.4. The third-order valence-corrected chi connectivity index (χ3v) is 2.75. The van der Waals surface area contributed by atoms with Crippen LogP contribution < -0.4 is 10.5 Å². The van der Waals surface area contributed by atoms with Crippen LogP contribution in [0.15, 0.2) is 18.2 Å². The van der Waals surface area contributed by atoms with Crippen LogP contribution in [-0.2, 0) is 16.1 Å². The number of carboxylic acid groups (broad SMARTS) is 1. The zero-order valence-electron chi connectivity index (χ0n) is 11.4. The predicted octanol–water partition coefficient (Wildman–Crippen LogP) is 0.161. The Morgan fingerprint density at radius 2 is 2.10 bits per heavy atom. The highest BCUT2D eigenvalue weighted by Gasteiger charge is 2.21. The van der Waals surface area contributed by atoms with Crippen molar-refractivity contribution in [3.63, 3.8) is 0 Å². The summed E-state index contributed by atoms with van der Waals surface area (Å²) >= 11 is 0. The molecule has 7 heteroatoms. The first-order valence-electron chi connectivity index (χ1n) is 5.93. The number of carboxylic acids is 1. The van der Waals surface area contributed by atoms with Crippen molar-refractivity contribution >= 4 is 11.9 Å². The summed E-state index contributed by atoms with van der Waals surface area (Å²) in [6.45, 7) is 0.239. The lowest BCUT2D eigenvalue weighted by Crippen LogP contribution is -2.42. The molecule has 0 bridgehead atoms. The van der Waals surface area contributed by atoms with Gasteiger partial charge in [-0.05, 0) is 17.7 Å². The van der Waals surface area contributed by atoms with Gasteiger partial charge in [0.1, 0.15) is 0 Å². The number of hydrogen-bond donors (Lipinski definition) is 3. The van der Waals surface area contributed by atoms with E-state index in [1.807, 2.05) is 0 Å². The van der Waals surface area contributed by atoms with Gasteiger partial charge in [0.2, 0.25) is 5.91 Å². The highest BCUT2D eigenvalue weighted by molar-refractivity contribution is 5.85. The third-order valence-electron chi connectivity index (χ3n) is 2.75. The molecule has 0 aliphatic carbocycles. The number of carbonyl (C=O) groups excluding carboxylic acids is 1. The number of aromatic hydroxyl groups is 1. The van der Waals surface area contributed by atoms with Crippen molar-refractivity contribution in [2.45, 2.75) is 19.0 Å². The maximum absolute atomic E-state index is 11.9. The van der Waals surface area contributed by atoms with Crippen LogP contribution in [0.3, 0.4) is 0 Å². The van der Waals surface area contributed by atoms with Crippen molar-refractivity contribution in [2.24, 2.45) is 5.73 Å². The molecule has 0 radical (unpaired) electrons. The van der Waals surface area contributed by atoms with Crippen molar-refractivity contribution in [3.05, 3.63) is 23.8 Å². The number of benzene rings is 1. The third kappa shape index (κ3) is 4.13. The summed E-state index contributed by atoms with van der Waals surface area (Å²) in [7, 11) is 2.96. The van der Waals surface area contributed by atoms with Gasteiger partial charge in [-0.15, -0.1) is 0 Å². The number of phenolic OH excluding ortho intramolecular Hbond substituents is 1. The number of hydrogen-bond acceptors (Lipinski definition) is 5. The molecule has 4 N–H and O–H groups in total. The molecule has 0 saturated heterocycles. The van der Waals surface area contributed by atoms with E-state index in [9.17, 15) is 14.7 Å². The summed E-state index contributed by atoms with van der Waals surface area (Å²) in [5.74, 6) is -1.27. The number of ether oxygens (including phenoxy) is 1. The van der Waals surface area contributed by atoms with Gasteiger partial charge in [0.05, 0.1) is 19.6 Å². The van der Waals surface area contributed by atoms with E-state index in [-0.39, 0.29) is 12.3 Å². The molecule has 1 rings (SSSR count). The second-order valence-corrected chi connectivity index (χ2v) is 4.40. The van der Waals surface area contributed by atoms with Crippen molar-refractivity contribution in [1.29, 1.82) is 0 Å². The van der Waals surface area contributed by atoms with Crippen molar-refractivity contribution in [3.8, 4) is 11.5 Å². The maximum Gasteiger partial charge on any atom is 0.305 e. The molecule has 0 aromatic heterocycles. The number of phenols is 1. The van der Waals surface area contributed by atoms with Gasteiger partial charge in [-0.1, -0.05) is 6.07 Å². The fraction of sp³-hybridized carbons (Fsp3) is 0.385. The van der Waals surface area contributed by atoms with Crippen LogP contribution in [0.4, 0.5) is 0 Å². The standard InChI is InChI=1S/C13H18N2O5/c1-15(13(19)9(14)6-12(17)18)7-8-3-4-10(16)11(5-8)20-2/h3-5,9,16H,6-7,14H2,1-2H3,(H,17,18). The fourth-order valence-corrected chi connectivity index (χ4v) is 1.73. The normalized spacial score (nSPS) is 11.8. The van der Waals surface area contributed by atoms with Gasteiger partial charge in [0.15, 0.2) is 11.5 Å². The van der Waals surface area contributed by atoms with E-state index >= 15 is 0 Å². The number of carbonyl (C=O) groups is 2. The monoisotopic (exact) mass is 282 g/mol. The molecule has 0 fully saturated rings. The Hall–Kier alpha value is -2.28. The topological polar surface area (TPSA) is 113 Å². The van der Waals surface area contributed by atoms with Crippen LogP contribution in [0.1, 0.15) is 12.0 Å². The van der Waals surface area contributed by atoms with Crippen LogP contribution in [0.2, 0.25) is 0 Å². The first-order valence-corrected chi connectivity index (χ1v) is 5.93. The Morgan fingerprint density at radius 1 is 1.45 bits per heavy atom. The van der Waals surface area contributed by atoms with E-state index in [2.05, 4.69) is 0 Å². The molecule has 20 heavy (non-hydrogen) atoms. The number of nitrogens with two attached hydrogens (primary N) is 1. The highest BCUT2D eigenvalue weighted by Crippen LogP contribution is 2.26. The van der Waals surface area contributed by atoms with E-state index in [1.54, 1.807) is 12.1 Å². The molecule has 0 spiro atoms. The second kappa shape index (κ2) is 6.76. The SMILES string of the molecule is COc1cc(CN(C)C(=O)C(N)CC(=O)O)ccc1O. The Morgan fingerprint density at radius 3 is 2.65 bits per heavy atom. The molecule has 1 aromatic rings. The van der Waals surface area contributed by atoms with Gasteiger partial charge in [-0.25, -0.2) is 0 Å². The smallest absolute Gasteiger partial charge is 0.305 e. The van der Waals surface area contributed by atoms with Gasteiger partial charge in [-0.2, -0.15) is 0 Å². The van der Waals surface area contributed by atoms with Crippen molar-refractivity contribution in [1.82, 2.24) is 4.90 Å². The minimum Gasteiger partial charge on any atom is -0.504 e. The summed E-state index contributed by atoms with van der Waals surface area (Å²) in [4.78, 5) is 23.7. The molecule has 0 aliphatic heterocycles. The summed E-state index contributed by atoms with van der Waals surface area (Å²) in [5.41, 5.74) is 6.25. The number of methoxy groups -OCH3 is 1. The van der Waals surface area contributed by atoms with Crippen LogP contribution in [0.25, 0.3) is 0 Å². The summed E-state index contributed by atoms with van der Waals surface area (Å²) < 4.78 is 4.97. The zero-order chi connectivity index (χ0) is 15.3. The van der Waals surface area contributed by atoms with Crippen LogP contribution in [0, 0.1) is 0 Å². The van der Waals surface area contributed by atoms with Crippen molar-refractivity contribution < 1.29 is 24.5 Å². The molecule has 0 saturated carbocycles. The summed E-state index contributed by atoms with van der Waals surface area (Å²) in [5, 5.41) is 18.1. The quantitative estimate of drug-likeness (QED) is 0.685. The summed E-state index contributed by atoms with van der Waals surface area (Å²) in [6, 6.07) is 3.63. The van der Waals surface area contributed by atoms with Gasteiger partial charge >= 0.3 is 5.97 Å². The molecule has 1 amide bonds. The number of aliphatic carboxylic acids is 1. The number of nitrogens with zero attached hydrogens (tertiary/aromatic N) is 1. The Bertz CT molecular complexity index is 504. The highest BCUT2D eigenvalue weighted by atomic mass is 16.5. The van der Waals surface area contributed by atoms with Gasteiger partial charge in [0, 0.05) is 13.6 Å². The molecule has 1 unspecified atom stereocenters. The molecule has 0 aliphatic rings. The minimum absolute atomic E-state index is 0.00723. The first kappa shape index (κ1) is 15.8. The van der Waals surface area contributed by atoms with E-state index in [0.717, 1.165) is 5.56 Å². The average Bonchev–Trinajstić information content (AvgIpc) is 2.39. The summed E-state index contributed by atoms with van der Waals surface area (Å²) in [6.07, 6.45) is -0.415. The molecular weight excluding hydrogens is 264 g/mol. The van der Waals surface area contributed by atoms with E-state index in [1.165, 1.54) is 25.1 Å². The van der Waals surface area contributed by atoms with E-state index in [0.29, 0.717) is 5.75 Å². The molecule has 1 atom stereocenters. The van der Waals surface area contributed by atoms with Gasteiger partial charge in [-0.3, -0.25) is 9.59 Å². The lowest BCUT2D eigenvalue weighted by atomic mass is 10.1. The first-order chi connectivity index (χ1) is 9.35. The van der Waals surface area contributed by atoms with E-state index in [4.69, 9.17) is 15.6 Å². The Balaban J connectivity index is 2.72. The lowest BCUT2D eigenvalue weighted by molar-refractivity contribution is -0.141.